The lowest BCUT2D eigenvalue weighted by Crippen LogP contribution is -2.34. The molecule has 1 aliphatic rings. The molecule has 0 aliphatic carbocycles. The Hall–Kier alpha value is -0.930. The van der Waals surface area contributed by atoms with Gasteiger partial charge in [-0.05, 0) is 75.3 Å². The summed E-state index contributed by atoms with van der Waals surface area (Å²) in [6.07, 6.45) is 3.40. The van der Waals surface area contributed by atoms with E-state index in [4.69, 9.17) is 0 Å². The maximum atomic E-state index is 13.1. The lowest BCUT2D eigenvalue weighted by atomic mass is 9.94. The van der Waals surface area contributed by atoms with E-state index in [1.807, 2.05) is 11.9 Å². The van der Waals surface area contributed by atoms with Crippen LogP contribution in [0.4, 0.5) is 0 Å². The highest BCUT2D eigenvalue weighted by molar-refractivity contribution is 9.11. The average Bonchev–Trinajstić information content (AvgIpc) is 2.60. The molecule has 1 heterocycles. The molecule has 0 unspecified atom stereocenters. The Bertz CT molecular complexity index is 951. The molecular weight excluding hydrogens is 622 g/mol. The standard InChI is InChI=1S/C20H15Br4NO3/c1-25-8-12(2-10-4-14(21)6-16(23)19(10)27)18(26)13(9-25)3-11-5-15(22)7-17(24)20(11)28/h2-7,27-28H,8-9H2,1H3/b12-2-,13-3+. The topological polar surface area (TPSA) is 60.8 Å². The highest BCUT2D eigenvalue weighted by atomic mass is 79.9. The van der Waals surface area contributed by atoms with Crippen molar-refractivity contribution in [3.05, 3.63) is 64.4 Å². The zero-order valence-electron chi connectivity index (χ0n) is 14.6. The van der Waals surface area contributed by atoms with Crippen LogP contribution in [-0.2, 0) is 4.79 Å². The summed E-state index contributed by atoms with van der Waals surface area (Å²) in [5.41, 5.74) is 2.22. The lowest BCUT2D eigenvalue weighted by Gasteiger charge is -2.26. The fourth-order valence-corrected chi connectivity index (χ4v) is 5.49. The number of Topliss-reactive ketones (excluding diaryl/α,β-unsaturated/α-hetero) is 1. The zero-order chi connectivity index (χ0) is 20.6. The van der Waals surface area contributed by atoms with Gasteiger partial charge in [0.2, 0.25) is 0 Å². The molecule has 0 bridgehead atoms. The number of carbonyl (C=O) groups is 1. The van der Waals surface area contributed by atoms with Crippen molar-refractivity contribution in [1.82, 2.24) is 4.90 Å². The molecule has 1 fully saturated rings. The van der Waals surface area contributed by atoms with Gasteiger partial charge in [-0.2, -0.15) is 0 Å². The number of nitrogens with zero attached hydrogens (tertiary/aromatic N) is 1. The van der Waals surface area contributed by atoms with Gasteiger partial charge in [0.15, 0.2) is 5.78 Å². The van der Waals surface area contributed by atoms with Gasteiger partial charge in [-0.3, -0.25) is 9.69 Å². The van der Waals surface area contributed by atoms with Crippen molar-refractivity contribution in [2.75, 3.05) is 20.1 Å². The number of ketones is 1. The summed E-state index contributed by atoms with van der Waals surface area (Å²) in [5.74, 6) is 0.0516. The van der Waals surface area contributed by atoms with E-state index in [0.29, 0.717) is 44.3 Å². The Balaban J connectivity index is 2.05. The van der Waals surface area contributed by atoms with Gasteiger partial charge in [0.25, 0.3) is 0 Å². The predicted octanol–water partition coefficient (Wildman–Crippen LogP) is 6.13. The van der Waals surface area contributed by atoms with Crippen LogP contribution < -0.4 is 0 Å². The number of halogens is 4. The zero-order valence-corrected chi connectivity index (χ0v) is 21.0. The van der Waals surface area contributed by atoms with Gasteiger partial charge in [-0.25, -0.2) is 0 Å². The van der Waals surface area contributed by atoms with E-state index in [9.17, 15) is 15.0 Å². The Morgan fingerprint density at radius 3 is 1.61 bits per heavy atom. The number of phenols is 2. The Morgan fingerprint density at radius 1 is 0.821 bits per heavy atom. The third-order valence-electron chi connectivity index (χ3n) is 4.24. The van der Waals surface area contributed by atoms with Crippen LogP contribution in [0.5, 0.6) is 11.5 Å². The minimum absolute atomic E-state index is 0.0795. The van der Waals surface area contributed by atoms with Crippen LogP contribution in [0.15, 0.2) is 53.3 Å². The molecule has 0 spiro atoms. The predicted molar refractivity (Wildman–Crippen MR) is 125 cm³/mol. The fraction of sp³-hybridized carbons (Fsp3) is 0.150. The van der Waals surface area contributed by atoms with E-state index in [1.54, 1.807) is 36.4 Å². The van der Waals surface area contributed by atoms with Gasteiger partial charge in [0.1, 0.15) is 11.5 Å². The maximum absolute atomic E-state index is 13.1. The van der Waals surface area contributed by atoms with Crippen LogP contribution in [0.3, 0.4) is 0 Å². The Kier molecular flexibility index (Phi) is 6.87. The first-order valence-corrected chi connectivity index (χ1v) is 11.3. The molecule has 0 aromatic heterocycles. The number of phenolic OH excluding ortho intramolecular Hbond substituents is 2. The van der Waals surface area contributed by atoms with Crippen molar-refractivity contribution in [3.63, 3.8) is 0 Å². The molecule has 1 saturated heterocycles. The normalized spacial score (nSPS) is 18.2. The van der Waals surface area contributed by atoms with E-state index < -0.39 is 0 Å². The molecule has 2 N–H and O–H groups in total. The quantitative estimate of drug-likeness (QED) is 0.390. The maximum Gasteiger partial charge on any atom is 0.187 e. The number of benzene rings is 2. The van der Waals surface area contributed by atoms with Crippen molar-refractivity contribution in [2.45, 2.75) is 0 Å². The molecule has 0 atom stereocenters. The van der Waals surface area contributed by atoms with Gasteiger partial charge in [0.05, 0.1) is 8.95 Å². The first kappa shape index (κ1) is 21.8. The van der Waals surface area contributed by atoms with E-state index in [-0.39, 0.29) is 17.3 Å². The smallest absolute Gasteiger partial charge is 0.187 e. The summed E-state index contributed by atoms with van der Waals surface area (Å²) in [7, 11) is 1.92. The van der Waals surface area contributed by atoms with Crippen molar-refractivity contribution in [1.29, 1.82) is 0 Å². The van der Waals surface area contributed by atoms with Crippen LogP contribution in [0.25, 0.3) is 12.2 Å². The Morgan fingerprint density at radius 2 is 1.21 bits per heavy atom. The molecule has 8 heteroatoms. The third kappa shape index (κ3) is 4.79. The Labute approximate surface area is 196 Å². The molecule has 0 saturated carbocycles. The van der Waals surface area contributed by atoms with Crippen LogP contribution in [-0.4, -0.2) is 41.0 Å². The summed E-state index contributed by atoms with van der Waals surface area (Å²) < 4.78 is 2.68. The second kappa shape index (κ2) is 8.83. The molecule has 2 aromatic carbocycles. The average molecular weight is 637 g/mol. The van der Waals surface area contributed by atoms with Gasteiger partial charge >= 0.3 is 0 Å². The van der Waals surface area contributed by atoms with Gasteiger partial charge in [-0.15, -0.1) is 0 Å². The number of piperidine rings is 1. The van der Waals surface area contributed by atoms with Crippen molar-refractivity contribution < 1.29 is 15.0 Å². The molecule has 3 rings (SSSR count). The lowest BCUT2D eigenvalue weighted by molar-refractivity contribution is -0.113. The number of hydrogen-bond donors (Lipinski definition) is 2. The summed E-state index contributed by atoms with van der Waals surface area (Å²) in [4.78, 5) is 15.1. The second-order valence-corrected chi connectivity index (χ2v) is 10.0. The third-order valence-corrected chi connectivity index (χ3v) is 6.36. The summed E-state index contributed by atoms with van der Waals surface area (Å²) >= 11 is 13.4. The highest BCUT2D eigenvalue weighted by Gasteiger charge is 2.25. The number of aromatic hydroxyl groups is 2. The molecule has 0 radical (unpaired) electrons. The number of rotatable bonds is 2. The molecule has 1 aliphatic heterocycles. The summed E-state index contributed by atoms with van der Waals surface area (Å²) in [6, 6.07) is 7.00. The number of carbonyl (C=O) groups excluding carboxylic acids is 1. The van der Waals surface area contributed by atoms with Gasteiger partial charge in [-0.1, -0.05) is 31.9 Å². The minimum Gasteiger partial charge on any atom is -0.506 e. The highest BCUT2D eigenvalue weighted by Crippen LogP contribution is 2.35. The summed E-state index contributed by atoms with van der Waals surface area (Å²) in [6.45, 7) is 0.932. The van der Waals surface area contributed by atoms with Crippen molar-refractivity contribution >= 4 is 81.7 Å². The van der Waals surface area contributed by atoms with Gasteiger partial charge < -0.3 is 10.2 Å². The van der Waals surface area contributed by atoms with Crippen LogP contribution in [0.2, 0.25) is 0 Å². The SMILES string of the molecule is CN1C/C(=C/c2cc(Br)cc(Br)c2O)C(=O)/C(=C/c2cc(Br)cc(Br)c2O)C1. The number of likely N-dealkylation sites (N-methyl/N-ethyl adjacent to an activating group) is 1. The van der Waals surface area contributed by atoms with E-state index in [0.717, 1.165) is 8.95 Å². The van der Waals surface area contributed by atoms with Crippen molar-refractivity contribution in [3.8, 4) is 11.5 Å². The van der Waals surface area contributed by atoms with Gasteiger partial charge in [0, 0.05) is 44.3 Å². The number of likely N-dealkylation sites (tertiary alicyclic amines) is 1. The molecule has 2 aromatic rings. The van der Waals surface area contributed by atoms with Crippen LogP contribution >= 0.6 is 63.7 Å². The van der Waals surface area contributed by atoms with E-state index in [2.05, 4.69) is 63.7 Å². The monoisotopic (exact) mass is 633 g/mol. The first-order valence-electron chi connectivity index (χ1n) is 8.16. The van der Waals surface area contributed by atoms with E-state index in [1.165, 1.54) is 0 Å². The minimum atomic E-state index is -0.107. The first-order chi connectivity index (χ1) is 13.2. The largest absolute Gasteiger partial charge is 0.506 e. The summed E-state index contributed by atoms with van der Waals surface area (Å²) in [5, 5.41) is 20.6. The van der Waals surface area contributed by atoms with E-state index >= 15 is 0 Å². The molecule has 146 valence electrons. The second-order valence-electron chi connectivity index (χ2n) is 6.49. The van der Waals surface area contributed by atoms with Crippen molar-refractivity contribution in [2.24, 2.45) is 0 Å². The molecule has 28 heavy (non-hydrogen) atoms. The molecular formula is C20H15Br4NO3. The number of hydrogen-bond acceptors (Lipinski definition) is 4. The fourth-order valence-electron chi connectivity index (χ4n) is 2.98. The molecule has 4 nitrogen and oxygen atoms in total. The van der Waals surface area contributed by atoms with Crippen LogP contribution in [0.1, 0.15) is 11.1 Å². The van der Waals surface area contributed by atoms with Crippen LogP contribution in [0, 0.1) is 0 Å². The molecule has 0 amide bonds.